The van der Waals surface area contributed by atoms with E-state index in [1.165, 1.54) is 11.3 Å². The Balaban J connectivity index is 2.19. The Morgan fingerprint density at radius 1 is 1.32 bits per heavy atom. The number of aryl methyl sites for hydroxylation is 2. The lowest BCUT2D eigenvalue weighted by Gasteiger charge is -2.00. The molecule has 3 aromatic rings. The molecule has 0 saturated heterocycles. The van der Waals surface area contributed by atoms with Crippen molar-refractivity contribution in [1.29, 1.82) is 5.26 Å². The minimum Gasteiger partial charge on any atom is -0.305 e. The number of thiophene rings is 1. The van der Waals surface area contributed by atoms with Crippen molar-refractivity contribution in [1.82, 2.24) is 9.97 Å². The number of allylic oxidation sites excluding steroid dienone is 1. The number of nitriles is 1. The zero-order valence-electron chi connectivity index (χ0n) is 12.2. The molecule has 3 rings (SSSR count). The topological polar surface area (TPSA) is 69.5 Å². The molecule has 108 valence electrons. The number of hydrogen-bond donors (Lipinski definition) is 1. The van der Waals surface area contributed by atoms with Crippen LogP contribution in [0.2, 0.25) is 0 Å². The van der Waals surface area contributed by atoms with E-state index in [0.717, 1.165) is 16.0 Å². The number of nitrogens with zero attached hydrogens (tertiary/aromatic N) is 2. The van der Waals surface area contributed by atoms with Gasteiger partial charge in [0.2, 0.25) is 0 Å². The van der Waals surface area contributed by atoms with E-state index in [2.05, 4.69) is 16.0 Å². The summed E-state index contributed by atoms with van der Waals surface area (Å²) in [4.78, 5) is 21.2. The largest absolute Gasteiger partial charge is 0.305 e. The van der Waals surface area contributed by atoms with Gasteiger partial charge in [-0.1, -0.05) is 30.3 Å². The fourth-order valence-electron chi connectivity index (χ4n) is 2.25. The van der Waals surface area contributed by atoms with Gasteiger partial charge in [0, 0.05) is 4.88 Å². The van der Waals surface area contributed by atoms with Crippen molar-refractivity contribution >= 4 is 33.2 Å². The van der Waals surface area contributed by atoms with Crippen LogP contribution in [-0.4, -0.2) is 9.97 Å². The Kier molecular flexibility index (Phi) is 3.61. The summed E-state index contributed by atoms with van der Waals surface area (Å²) in [7, 11) is 0. The van der Waals surface area contributed by atoms with E-state index in [4.69, 9.17) is 0 Å². The first-order valence-corrected chi connectivity index (χ1v) is 7.59. The van der Waals surface area contributed by atoms with Crippen molar-refractivity contribution in [3.8, 4) is 6.07 Å². The quantitative estimate of drug-likeness (QED) is 0.734. The molecule has 0 aliphatic heterocycles. The lowest BCUT2D eigenvalue weighted by Crippen LogP contribution is -2.10. The van der Waals surface area contributed by atoms with Crippen LogP contribution in [0, 0.1) is 25.2 Å². The van der Waals surface area contributed by atoms with Crippen LogP contribution in [0.4, 0.5) is 0 Å². The Labute approximate surface area is 131 Å². The first-order valence-electron chi connectivity index (χ1n) is 6.77. The molecule has 0 aliphatic carbocycles. The van der Waals surface area contributed by atoms with Crippen molar-refractivity contribution in [3.05, 3.63) is 62.5 Å². The van der Waals surface area contributed by atoms with Gasteiger partial charge in [-0.25, -0.2) is 4.98 Å². The van der Waals surface area contributed by atoms with E-state index in [-0.39, 0.29) is 5.56 Å². The molecule has 0 radical (unpaired) electrons. The number of rotatable bonds is 2. The summed E-state index contributed by atoms with van der Waals surface area (Å²) in [5, 5.41) is 10.0. The third kappa shape index (κ3) is 2.45. The summed E-state index contributed by atoms with van der Waals surface area (Å²) >= 11 is 1.47. The molecule has 0 aliphatic rings. The van der Waals surface area contributed by atoms with E-state index in [1.54, 1.807) is 6.08 Å². The van der Waals surface area contributed by atoms with E-state index in [1.807, 2.05) is 44.2 Å². The maximum absolute atomic E-state index is 12.3. The van der Waals surface area contributed by atoms with E-state index in [0.29, 0.717) is 21.6 Å². The molecule has 0 saturated carbocycles. The van der Waals surface area contributed by atoms with Crippen LogP contribution < -0.4 is 5.56 Å². The Morgan fingerprint density at radius 3 is 2.73 bits per heavy atom. The maximum Gasteiger partial charge on any atom is 0.260 e. The molecule has 0 fully saturated rings. The SMILES string of the molecule is Cc1sc2nc(/C(C#N)=C\c3ccccc3)[nH]c(=O)c2c1C. The third-order valence-electron chi connectivity index (χ3n) is 3.53. The smallest absolute Gasteiger partial charge is 0.260 e. The highest BCUT2D eigenvalue weighted by atomic mass is 32.1. The van der Waals surface area contributed by atoms with E-state index >= 15 is 0 Å². The molecular formula is C17H13N3OS. The molecule has 0 bridgehead atoms. The van der Waals surface area contributed by atoms with Crippen LogP contribution in [0.5, 0.6) is 0 Å². The lowest BCUT2D eigenvalue weighted by atomic mass is 10.1. The summed E-state index contributed by atoms with van der Waals surface area (Å²) < 4.78 is 0. The van der Waals surface area contributed by atoms with Crippen molar-refractivity contribution < 1.29 is 0 Å². The Bertz CT molecular complexity index is 975. The van der Waals surface area contributed by atoms with E-state index < -0.39 is 0 Å². The summed E-state index contributed by atoms with van der Waals surface area (Å²) in [6.07, 6.45) is 1.72. The van der Waals surface area contributed by atoms with Crippen LogP contribution in [0.25, 0.3) is 21.9 Å². The fourth-order valence-corrected chi connectivity index (χ4v) is 3.28. The van der Waals surface area contributed by atoms with Crippen LogP contribution in [-0.2, 0) is 0 Å². The highest BCUT2D eigenvalue weighted by Gasteiger charge is 2.13. The molecule has 22 heavy (non-hydrogen) atoms. The Hall–Kier alpha value is -2.71. The molecule has 4 nitrogen and oxygen atoms in total. The van der Waals surface area contributed by atoms with Crippen molar-refractivity contribution in [2.75, 3.05) is 0 Å². The standard InChI is InChI=1S/C17H13N3OS/c1-10-11(2)22-17-14(10)16(21)19-15(20-17)13(9-18)8-12-6-4-3-5-7-12/h3-8H,1-2H3,(H,19,20,21)/b13-8-. The summed E-state index contributed by atoms with van der Waals surface area (Å²) in [5.41, 5.74) is 1.98. The van der Waals surface area contributed by atoms with Crippen LogP contribution in [0.1, 0.15) is 21.8 Å². The number of nitrogens with one attached hydrogen (secondary N) is 1. The molecule has 0 atom stereocenters. The molecule has 0 unspecified atom stereocenters. The van der Waals surface area contributed by atoms with E-state index in [9.17, 15) is 10.1 Å². The van der Waals surface area contributed by atoms with Crippen molar-refractivity contribution in [2.45, 2.75) is 13.8 Å². The molecule has 0 amide bonds. The Morgan fingerprint density at radius 2 is 2.05 bits per heavy atom. The number of benzene rings is 1. The number of H-pyrrole nitrogens is 1. The zero-order chi connectivity index (χ0) is 15.7. The van der Waals surface area contributed by atoms with Gasteiger partial charge in [0.1, 0.15) is 10.9 Å². The minimum absolute atomic E-state index is 0.198. The number of fused-ring (bicyclic) bond motifs is 1. The predicted molar refractivity (Wildman–Crippen MR) is 89.6 cm³/mol. The van der Waals surface area contributed by atoms with Crippen LogP contribution in [0.15, 0.2) is 35.1 Å². The maximum atomic E-state index is 12.3. The van der Waals surface area contributed by atoms with Crippen LogP contribution in [0.3, 0.4) is 0 Å². The summed E-state index contributed by atoms with van der Waals surface area (Å²) in [6, 6.07) is 11.6. The van der Waals surface area contributed by atoms with Gasteiger partial charge in [0.25, 0.3) is 5.56 Å². The van der Waals surface area contributed by atoms with Gasteiger partial charge in [0.05, 0.1) is 11.0 Å². The van der Waals surface area contributed by atoms with Gasteiger partial charge >= 0.3 is 0 Å². The molecule has 1 aromatic carbocycles. The van der Waals surface area contributed by atoms with Crippen molar-refractivity contribution in [2.24, 2.45) is 0 Å². The summed E-state index contributed by atoms with van der Waals surface area (Å²) in [5.74, 6) is 0.310. The first-order chi connectivity index (χ1) is 10.6. The van der Waals surface area contributed by atoms with Crippen molar-refractivity contribution in [3.63, 3.8) is 0 Å². The van der Waals surface area contributed by atoms with Gasteiger partial charge in [-0.15, -0.1) is 11.3 Å². The average molecular weight is 307 g/mol. The first kappa shape index (κ1) is 14.2. The second-order valence-electron chi connectivity index (χ2n) is 4.96. The number of aromatic nitrogens is 2. The molecule has 2 heterocycles. The predicted octanol–water partition coefficient (Wildman–Crippen LogP) is 3.67. The summed E-state index contributed by atoms with van der Waals surface area (Å²) in [6.45, 7) is 3.88. The van der Waals surface area contributed by atoms with Crippen LogP contribution >= 0.6 is 11.3 Å². The lowest BCUT2D eigenvalue weighted by molar-refractivity contribution is 1.13. The van der Waals surface area contributed by atoms with Gasteiger partial charge < -0.3 is 4.98 Å². The fraction of sp³-hybridized carbons (Fsp3) is 0.118. The highest BCUT2D eigenvalue weighted by Crippen LogP contribution is 2.26. The number of aromatic amines is 1. The number of hydrogen-bond acceptors (Lipinski definition) is 4. The van der Waals surface area contributed by atoms with Gasteiger partial charge in [-0.2, -0.15) is 5.26 Å². The molecular weight excluding hydrogens is 294 g/mol. The monoisotopic (exact) mass is 307 g/mol. The van der Waals surface area contributed by atoms with Gasteiger partial charge in [-0.3, -0.25) is 4.79 Å². The minimum atomic E-state index is -0.198. The molecule has 1 N–H and O–H groups in total. The molecule has 2 aromatic heterocycles. The average Bonchev–Trinajstić information content (AvgIpc) is 2.81. The second kappa shape index (κ2) is 5.58. The highest BCUT2D eigenvalue weighted by molar-refractivity contribution is 7.18. The molecule has 5 heteroatoms. The zero-order valence-corrected chi connectivity index (χ0v) is 13.0. The normalized spacial score (nSPS) is 11.6. The molecule has 0 spiro atoms. The van der Waals surface area contributed by atoms with Gasteiger partial charge in [0.15, 0.2) is 5.82 Å². The third-order valence-corrected chi connectivity index (χ3v) is 4.63. The van der Waals surface area contributed by atoms with Gasteiger partial charge in [-0.05, 0) is 31.1 Å². The second-order valence-corrected chi connectivity index (χ2v) is 6.16.